The third kappa shape index (κ3) is 3.02. The number of phenolic OH excluding ortho intramolecular Hbond substituents is 1. The van der Waals surface area contributed by atoms with Gasteiger partial charge in [0.25, 0.3) is 0 Å². The van der Waals surface area contributed by atoms with Crippen molar-refractivity contribution in [3.63, 3.8) is 0 Å². The van der Waals surface area contributed by atoms with E-state index in [0.717, 1.165) is 0 Å². The minimum Gasteiger partial charge on any atom is -0.507 e. The Bertz CT molecular complexity index is 853. The summed E-state index contributed by atoms with van der Waals surface area (Å²) < 4.78 is 24.9. The molecule has 0 aliphatic rings. The summed E-state index contributed by atoms with van der Waals surface area (Å²) in [4.78, 5) is -0.252. The van der Waals surface area contributed by atoms with Gasteiger partial charge in [0.2, 0.25) is 9.84 Å². The maximum atomic E-state index is 12.5. The monoisotopic (exact) mass is 313 g/mol. The Balaban J connectivity index is 2.56. The number of phenols is 1. The normalized spacial score (nSPS) is 12.0. The standard InChI is InChI=1S/C17H15NO3S/c1-12-8-14(9-13(2)17(12)19)10-16(11-18)22(20,21)15-6-4-3-5-7-15/h3-10,19H,1-2H3. The van der Waals surface area contributed by atoms with Crippen LogP contribution in [0.4, 0.5) is 0 Å². The molecular formula is C17H15NO3S. The topological polar surface area (TPSA) is 78.2 Å². The van der Waals surface area contributed by atoms with Crippen LogP contribution < -0.4 is 0 Å². The van der Waals surface area contributed by atoms with E-state index in [-0.39, 0.29) is 15.6 Å². The van der Waals surface area contributed by atoms with Crippen LogP contribution in [-0.4, -0.2) is 13.5 Å². The van der Waals surface area contributed by atoms with E-state index in [9.17, 15) is 18.8 Å². The highest BCUT2D eigenvalue weighted by Gasteiger charge is 2.20. The summed E-state index contributed by atoms with van der Waals surface area (Å²) >= 11 is 0. The summed E-state index contributed by atoms with van der Waals surface area (Å²) in [5.74, 6) is 0.168. The number of sulfone groups is 1. The number of aromatic hydroxyl groups is 1. The number of allylic oxidation sites excluding steroid dienone is 1. The van der Waals surface area contributed by atoms with Crippen molar-refractivity contribution >= 4 is 15.9 Å². The summed E-state index contributed by atoms with van der Waals surface area (Å²) in [6.45, 7) is 3.44. The largest absolute Gasteiger partial charge is 0.507 e. The Morgan fingerprint density at radius 1 is 1.14 bits per heavy atom. The van der Waals surface area contributed by atoms with E-state index >= 15 is 0 Å². The highest BCUT2D eigenvalue weighted by molar-refractivity contribution is 7.95. The van der Waals surface area contributed by atoms with Gasteiger partial charge in [-0.25, -0.2) is 8.42 Å². The molecule has 0 aliphatic heterocycles. The van der Waals surface area contributed by atoms with Crippen LogP contribution in [0, 0.1) is 25.2 Å². The van der Waals surface area contributed by atoms with Crippen LogP contribution in [0.2, 0.25) is 0 Å². The van der Waals surface area contributed by atoms with Gasteiger partial charge in [0.05, 0.1) is 4.90 Å². The molecule has 2 aromatic rings. The minimum absolute atomic E-state index is 0.0787. The SMILES string of the molecule is Cc1cc(C=C(C#N)S(=O)(=O)c2ccccc2)cc(C)c1O. The fraction of sp³-hybridized carbons (Fsp3) is 0.118. The molecule has 1 N–H and O–H groups in total. The molecule has 5 heteroatoms. The van der Waals surface area contributed by atoms with Gasteiger partial charge in [0.1, 0.15) is 16.7 Å². The van der Waals surface area contributed by atoms with Crippen molar-refractivity contribution in [1.29, 1.82) is 5.26 Å². The van der Waals surface area contributed by atoms with E-state index in [0.29, 0.717) is 16.7 Å². The van der Waals surface area contributed by atoms with Crippen LogP contribution in [0.25, 0.3) is 6.08 Å². The van der Waals surface area contributed by atoms with E-state index in [2.05, 4.69) is 0 Å². The Morgan fingerprint density at radius 3 is 2.18 bits per heavy atom. The van der Waals surface area contributed by atoms with Crippen molar-refractivity contribution in [1.82, 2.24) is 0 Å². The number of nitrogens with zero attached hydrogens (tertiary/aromatic N) is 1. The average molecular weight is 313 g/mol. The smallest absolute Gasteiger partial charge is 0.216 e. The molecule has 0 aliphatic carbocycles. The second kappa shape index (κ2) is 6.04. The summed E-state index contributed by atoms with van der Waals surface area (Å²) in [5.41, 5.74) is 1.81. The predicted molar refractivity (Wildman–Crippen MR) is 84.8 cm³/mol. The van der Waals surface area contributed by atoms with Gasteiger partial charge in [-0.05, 0) is 60.9 Å². The Morgan fingerprint density at radius 2 is 1.68 bits per heavy atom. The highest BCUT2D eigenvalue weighted by Crippen LogP contribution is 2.26. The molecule has 0 fully saturated rings. The maximum Gasteiger partial charge on any atom is 0.216 e. The molecule has 0 atom stereocenters. The van der Waals surface area contributed by atoms with Crippen LogP contribution in [0.3, 0.4) is 0 Å². The quantitative estimate of drug-likeness (QED) is 0.881. The summed E-state index contributed by atoms with van der Waals surface area (Å²) in [7, 11) is -3.85. The van der Waals surface area contributed by atoms with E-state index in [1.165, 1.54) is 18.2 Å². The first-order chi connectivity index (χ1) is 10.4. The average Bonchev–Trinajstić information content (AvgIpc) is 2.50. The van der Waals surface area contributed by atoms with Gasteiger partial charge in [-0.15, -0.1) is 0 Å². The lowest BCUT2D eigenvalue weighted by atomic mass is 10.1. The third-order valence-electron chi connectivity index (χ3n) is 3.26. The molecule has 0 aromatic heterocycles. The molecule has 2 rings (SSSR count). The first-order valence-electron chi connectivity index (χ1n) is 6.58. The Hall–Kier alpha value is -2.58. The minimum atomic E-state index is -3.85. The molecule has 0 bridgehead atoms. The van der Waals surface area contributed by atoms with Gasteiger partial charge in [-0.1, -0.05) is 18.2 Å². The fourth-order valence-electron chi connectivity index (χ4n) is 2.12. The Labute approximate surface area is 129 Å². The molecule has 0 radical (unpaired) electrons. The number of hydrogen-bond acceptors (Lipinski definition) is 4. The first-order valence-corrected chi connectivity index (χ1v) is 8.06. The summed E-state index contributed by atoms with van der Waals surface area (Å²) in [5, 5.41) is 19.0. The molecular weight excluding hydrogens is 298 g/mol. The van der Waals surface area contributed by atoms with Gasteiger partial charge >= 0.3 is 0 Å². The van der Waals surface area contributed by atoms with Crippen LogP contribution >= 0.6 is 0 Å². The second-order valence-electron chi connectivity index (χ2n) is 4.94. The molecule has 0 amide bonds. The van der Waals surface area contributed by atoms with E-state index in [1.54, 1.807) is 50.2 Å². The van der Waals surface area contributed by atoms with Gasteiger partial charge in [0.15, 0.2) is 0 Å². The lowest BCUT2D eigenvalue weighted by Gasteiger charge is -2.06. The number of benzene rings is 2. The highest BCUT2D eigenvalue weighted by atomic mass is 32.2. The van der Waals surface area contributed by atoms with Gasteiger partial charge in [0, 0.05) is 0 Å². The Kier molecular flexibility index (Phi) is 4.34. The molecule has 0 saturated heterocycles. The molecule has 0 unspecified atom stereocenters. The lowest BCUT2D eigenvalue weighted by molar-refractivity contribution is 0.467. The van der Waals surface area contributed by atoms with Crippen LogP contribution in [0.15, 0.2) is 52.3 Å². The van der Waals surface area contributed by atoms with Crippen molar-refractivity contribution < 1.29 is 13.5 Å². The van der Waals surface area contributed by atoms with Crippen molar-refractivity contribution in [2.24, 2.45) is 0 Å². The second-order valence-corrected chi connectivity index (χ2v) is 6.86. The summed E-state index contributed by atoms with van der Waals surface area (Å²) in [6, 6.07) is 12.9. The van der Waals surface area contributed by atoms with E-state index in [1.807, 2.05) is 0 Å². The van der Waals surface area contributed by atoms with Gasteiger partial charge < -0.3 is 5.11 Å². The zero-order valence-corrected chi connectivity index (χ0v) is 13.1. The zero-order chi connectivity index (χ0) is 16.3. The van der Waals surface area contributed by atoms with Crippen molar-refractivity contribution in [3.05, 3.63) is 64.1 Å². The number of aryl methyl sites for hydroxylation is 2. The summed E-state index contributed by atoms with van der Waals surface area (Å²) in [6.07, 6.45) is 1.32. The van der Waals surface area contributed by atoms with Gasteiger partial charge in [-0.2, -0.15) is 5.26 Å². The predicted octanol–water partition coefficient (Wildman–Crippen LogP) is 3.35. The number of hydrogen-bond donors (Lipinski definition) is 1. The number of nitriles is 1. The zero-order valence-electron chi connectivity index (χ0n) is 12.2. The van der Waals surface area contributed by atoms with Crippen molar-refractivity contribution in [2.75, 3.05) is 0 Å². The van der Waals surface area contributed by atoms with Crippen LogP contribution in [0.1, 0.15) is 16.7 Å². The van der Waals surface area contributed by atoms with Crippen LogP contribution in [0.5, 0.6) is 5.75 Å². The molecule has 0 saturated carbocycles. The molecule has 0 heterocycles. The van der Waals surface area contributed by atoms with Crippen LogP contribution in [-0.2, 0) is 9.84 Å². The maximum absolute atomic E-state index is 12.5. The molecule has 112 valence electrons. The van der Waals surface area contributed by atoms with Crippen molar-refractivity contribution in [2.45, 2.75) is 18.7 Å². The third-order valence-corrected chi connectivity index (χ3v) is 4.95. The van der Waals surface area contributed by atoms with E-state index < -0.39 is 9.84 Å². The van der Waals surface area contributed by atoms with Gasteiger partial charge in [-0.3, -0.25) is 0 Å². The molecule has 2 aromatic carbocycles. The molecule has 0 spiro atoms. The lowest BCUT2D eigenvalue weighted by Crippen LogP contribution is -2.03. The molecule has 4 nitrogen and oxygen atoms in total. The molecule has 22 heavy (non-hydrogen) atoms. The fourth-order valence-corrected chi connectivity index (χ4v) is 3.30. The first kappa shape index (κ1) is 15.8. The number of rotatable bonds is 3. The van der Waals surface area contributed by atoms with E-state index in [4.69, 9.17) is 0 Å². The van der Waals surface area contributed by atoms with Crippen molar-refractivity contribution in [3.8, 4) is 11.8 Å².